The first-order valence-corrected chi connectivity index (χ1v) is 14.3. The Hall–Kier alpha value is -4.55. The van der Waals surface area contributed by atoms with Gasteiger partial charge in [-0.3, -0.25) is 0 Å². The molecule has 45 heavy (non-hydrogen) atoms. The van der Waals surface area contributed by atoms with Gasteiger partial charge in [-0.2, -0.15) is 13.2 Å². The van der Waals surface area contributed by atoms with Crippen molar-refractivity contribution < 1.29 is 52.3 Å². The third-order valence-corrected chi connectivity index (χ3v) is 6.61. The lowest BCUT2D eigenvalue weighted by atomic mass is 9.96. The van der Waals surface area contributed by atoms with Crippen molar-refractivity contribution in [2.75, 3.05) is 26.3 Å². The van der Waals surface area contributed by atoms with Gasteiger partial charge in [0.15, 0.2) is 11.5 Å². The van der Waals surface area contributed by atoms with Crippen molar-refractivity contribution in [3.63, 3.8) is 0 Å². The summed E-state index contributed by atoms with van der Waals surface area (Å²) in [4.78, 5) is 20.0. The summed E-state index contributed by atoms with van der Waals surface area (Å²) in [5.41, 5.74) is 4.43. The maximum absolute atomic E-state index is 11.1. The Morgan fingerprint density at radius 2 is 1.71 bits per heavy atom. The molecule has 0 aromatic heterocycles. The molecule has 0 spiro atoms. The topological polar surface area (TPSA) is 135 Å². The lowest BCUT2D eigenvalue weighted by molar-refractivity contribution is -0.192. The molecule has 0 fully saturated rings. The molecule has 0 amide bonds. The molecule has 0 bridgehead atoms. The summed E-state index contributed by atoms with van der Waals surface area (Å²) >= 11 is 0. The number of carboxylic acid groups (broad SMARTS) is 2. The van der Waals surface area contributed by atoms with Crippen molar-refractivity contribution >= 4 is 18.0 Å². The summed E-state index contributed by atoms with van der Waals surface area (Å²) in [6, 6.07) is 18.7. The van der Waals surface area contributed by atoms with E-state index in [9.17, 15) is 23.1 Å². The van der Waals surface area contributed by atoms with E-state index in [1.54, 1.807) is 12.1 Å². The highest BCUT2D eigenvalue weighted by Gasteiger charge is 2.38. The molecule has 9 nitrogen and oxygen atoms in total. The van der Waals surface area contributed by atoms with E-state index >= 15 is 0 Å². The van der Waals surface area contributed by atoms with E-state index in [4.69, 9.17) is 29.2 Å². The number of hydrogen-bond donors (Lipinski definition) is 4. The number of aliphatic hydroxyl groups is 1. The number of allylic oxidation sites excluding steroid dienone is 1. The van der Waals surface area contributed by atoms with Gasteiger partial charge in [0.25, 0.3) is 0 Å². The molecule has 0 saturated heterocycles. The van der Waals surface area contributed by atoms with Crippen molar-refractivity contribution in [1.82, 2.24) is 5.32 Å². The zero-order chi connectivity index (χ0) is 33.0. The van der Waals surface area contributed by atoms with Gasteiger partial charge in [-0.05, 0) is 85.3 Å². The molecule has 4 N–H and O–H groups in total. The Bertz CT molecular complexity index is 1460. The van der Waals surface area contributed by atoms with Crippen LogP contribution < -0.4 is 19.5 Å². The minimum atomic E-state index is -5.08. The van der Waals surface area contributed by atoms with Crippen LogP contribution in [0, 0.1) is 0 Å². The number of ether oxygens (including phenoxy) is 3. The summed E-state index contributed by atoms with van der Waals surface area (Å²) in [7, 11) is 0. The number of aliphatic carboxylic acids is 1. The van der Waals surface area contributed by atoms with E-state index in [0.717, 1.165) is 40.8 Å². The van der Waals surface area contributed by atoms with Crippen LogP contribution in [0.1, 0.15) is 41.8 Å². The number of nitrogens with one attached hydrogen (secondary N) is 1. The number of carbonyl (C=O) groups is 2. The predicted molar refractivity (Wildman–Crippen MR) is 162 cm³/mol. The normalized spacial score (nSPS) is 14.8. The first-order valence-electron chi connectivity index (χ1n) is 14.3. The van der Waals surface area contributed by atoms with Crippen molar-refractivity contribution in [2.24, 2.45) is 0 Å². The molecule has 1 heterocycles. The van der Waals surface area contributed by atoms with Gasteiger partial charge in [-0.1, -0.05) is 36.4 Å². The summed E-state index contributed by atoms with van der Waals surface area (Å²) in [6.07, 6.45) is -0.0491. The Kier molecular flexibility index (Phi) is 12.8. The molecule has 4 rings (SSSR count). The molecule has 12 heteroatoms. The molecule has 1 aliphatic heterocycles. The second kappa shape index (κ2) is 16.5. The maximum atomic E-state index is 11.1. The molecule has 0 unspecified atom stereocenters. The van der Waals surface area contributed by atoms with Crippen molar-refractivity contribution in [3.8, 4) is 28.4 Å². The summed E-state index contributed by atoms with van der Waals surface area (Å²) < 4.78 is 49.5. The zero-order valence-electron chi connectivity index (χ0n) is 24.8. The van der Waals surface area contributed by atoms with E-state index in [0.29, 0.717) is 31.2 Å². The summed E-state index contributed by atoms with van der Waals surface area (Å²) in [5.74, 6) is -1.54. The number of benzene rings is 3. The van der Waals surface area contributed by atoms with Crippen molar-refractivity contribution in [2.45, 2.75) is 45.1 Å². The molecular weight excluding hydrogens is 595 g/mol. The monoisotopic (exact) mass is 631 g/mol. The number of aromatic carboxylic acids is 1. The fourth-order valence-electron chi connectivity index (χ4n) is 4.44. The van der Waals surface area contributed by atoms with Crippen LogP contribution in [0.15, 0.2) is 66.7 Å². The Morgan fingerprint density at radius 1 is 1.02 bits per heavy atom. The Balaban J connectivity index is 0.000000707. The second-order valence-corrected chi connectivity index (χ2v) is 10.0. The van der Waals surface area contributed by atoms with Crippen LogP contribution in [0.3, 0.4) is 0 Å². The van der Waals surface area contributed by atoms with Crippen LogP contribution in [0.2, 0.25) is 0 Å². The van der Waals surface area contributed by atoms with Crippen LogP contribution in [0.4, 0.5) is 13.2 Å². The number of hydrogen-bond acceptors (Lipinski definition) is 7. The zero-order valence-corrected chi connectivity index (χ0v) is 24.8. The second-order valence-electron chi connectivity index (χ2n) is 10.0. The Morgan fingerprint density at radius 3 is 2.33 bits per heavy atom. The van der Waals surface area contributed by atoms with Gasteiger partial charge in [0.05, 0.1) is 12.2 Å². The van der Waals surface area contributed by atoms with Gasteiger partial charge in [-0.15, -0.1) is 0 Å². The van der Waals surface area contributed by atoms with Crippen LogP contribution in [-0.4, -0.2) is 71.9 Å². The van der Waals surface area contributed by atoms with E-state index in [1.807, 2.05) is 68.5 Å². The molecule has 2 atom stereocenters. The quantitative estimate of drug-likeness (QED) is 0.195. The first kappa shape index (κ1) is 34.9. The van der Waals surface area contributed by atoms with Gasteiger partial charge in [0.1, 0.15) is 24.6 Å². The van der Waals surface area contributed by atoms with Gasteiger partial charge < -0.3 is 34.8 Å². The van der Waals surface area contributed by atoms with Crippen molar-refractivity contribution in [1.29, 1.82) is 0 Å². The highest BCUT2D eigenvalue weighted by Crippen LogP contribution is 2.32. The van der Waals surface area contributed by atoms with Gasteiger partial charge in [0.2, 0.25) is 0 Å². The first-order chi connectivity index (χ1) is 21.4. The van der Waals surface area contributed by atoms with Crippen LogP contribution >= 0.6 is 0 Å². The number of aliphatic hydroxyl groups excluding tert-OH is 1. The number of rotatable bonds is 12. The average Bonchev–Trinajstić information content (AvgIpc) is 3.01. The van der Waals surface area contributed by atoms with E-state index < -0.39 is 24.2 Å². The van der Waals surface area contributed by atoms with Gasteiger partial charge in [-0.25, -0.2) is 9.59 Å². The minimum Gasteiger partial charge on any atom is -0.490 e. The number of alkyl halides is 3. The summed E-state index contributed by atoms with van der Waals surface area (Å²) in [6.45, 7) is 5.58. The largest absolute Gasteiger partial charge is 0.490 e. The standard InChI is InChI=1S/C31H35NO6.C2HF3O2/c1-3-5-21-6-14-29(36-4-2)30(16-21)37-20-26(33)18-32-19-27-13-11-25-17-24(12-15-28(25)38-27)22-7-9-23(10-8-22)31(34)35;3-2(4,5)1(6)7/h3,5-10,12,14-17,26-27,32-33H,4,11,13,18-20H2,1-2H3,(H,34,35);(H,6,7)/b5-3+;/t26-,27-;/m1./s1. The molecule has 0 radical (unpaired) electrons. The smallest absolute Gasteiger partial charge is 0.490 e. The molecule has 3 aromatic carbocycles. The molecule has 242 valence electrons. The predicted octanol–water partition coefficient (Wildman–Crippen LogP) is 5.84. The fraction of sp³-hybridized carbons (Fsp3) is 0.333. The molecule has 0 saturated carbocycles. The van der Waals surface area contributed by atoms with Crippen LogP contribution in [0.25, 0.3) is 17.2 Å². The third kappa shape index (κ3) is 10.8. The lowest BCUT2D eigenvalue weighted by Gasteiger charge is -2.27. The maximum Gasteiger partial charge on any atom is 0.490 e. The third-order valence-electron chi connectivity index (χ3n) is 6.61. The van der Waals surface area contributed by atoms with Crippen LogP contribution in [-0.2, 0) is 11.2 Å². The van der Waals surface area contributed by atoms with Gasteiger partial charge >= 0.3 is 18.1 Å². The number of carboxylic acids is 2. The molecule has 3 aromatic rings. The molecule has 1 aliphatic rings. The van der Waals surface area contributed by atoms with E-state index in [1.165, 1.54) is 0 Å². The fourth-order valence-corrected chi connectivity index (χ4v) is 4.44. The highest BCUT2D eigenvalue weighted by molar-refractivity contribution is 5.88. The Labute approximate surface area is 258 Å². The number of aryl methyl sites for hydroxylation is 1. The molecular formula is C33H36F3NO8. The minimum absolute atomic E-state index is 0.0124. The van der Waals surface area contributed by atoms with Gasteiger partial charge in [0, 0.05) is 13.1 Å². The average molecular weight is 632 g/mol. The number of fused-ring (bicyclic) bond motifs is 1. The SMILES string of the molecule is C/C=C/c1ccc(OCC)c(OC[C@H](O)CNC[C@H]2CCc3cc(-c4ccc(C(=O)O)cc4)ccc3O2)c1.O=C(O)C(F)(F)F. The highest BCUT2D eigenvalue weighted by atomic mass is 19.4. The summed E-state index contributed by atoms with van der Waals surface area (Å²) in [5, 5.41) is 30.0. The lowest BCUT2D eigenvalue weighted by Crippen LogP contribution is -2.39. The molecule has 0 aliphatic carbocycles. The number of halogens is 3. The van der Waals surface area contributed by atoms with E-state index in [2.05, 4.69) is 11.4 Å². The van der Waals surface area contributed by atoms with E-state index in [-0.39, 0.29) is 18.3 Å². The van der Waals surface area contributed by atoms with Crippen molar-refractivity contribution in [3.05, 3.63) is 83.4 Å². The van der Waals surface area contributed by atoms with Crippen LogP contribution in [0.5, 0.6) is 17.2 Å².